The van der Waals surface area contributed by atoms with Crippen LogP contribution in [-0.2, 0) is 6.42 Å². The van der Waals surface area contributed by atoms with Gasteiger partial charge in [0.15, 0.2) is 0 Å². The molecule has 0 aliphatic rings. The van der Waals surface area contributed by atoms with Crippen LogP contribution in [0.1, 0.15) is 51.6 Å². The summed E-state index contributed by atoms with van der Waals surface area (Å²) in [5.41, 5.74) is 3.51. The van der Waals surface area contributed by atoms with Crippen molar-refractivity contribution in [1.29, 1.82) is 0 Å². The molecule has 0 spiro atoms. The summed E-state index contributed by atoms with van der Waals surface area (Å²) in [4.78, 5) is 4.59. The number of hydrogen-bond donors (Lipinski definition) is 0. The molecular formula is C21H27NO. The monoisotopic (exact) mass is 309 g/mol. The summed E-state index contributed by atoms with van der Waals surface area (Å²) in [6.07, 6.45) is 12.9. The van der Waals surface area contributed by atoms with E-state index < -0.39 is 0 Å². The molecule has 0 atom stereocenters. The second kappa shape index (κ2) is 9.83. The van der Waals surface area contributed by atoms with Crippen molar-refractivity contribution in [3.05, 3.63) is 60.6 Å². The molecule has 122 valence electrons. The molecule has 1 aromatic carbocycles. The number of hydrogen-bond acceptors (Lipinski definition) is 2. The molecule has 0 saturated heterocycles. The fraction of sp³-hybridized carbons (Fsp3) is 0.381. The molecule has 2 heteroatoms. The van der Waals surface area contributed by atoms with Gasteiger partial charge in [0.25, 0.3) is 0 Å². The van der Waals surface area contributed by atoms with E-state index in [9.17, 15) is 0 Å². The predicted octanol–water partition coefficient (Wildman–Crippen LogP) is 6.17. The summed E-state index contributed by atoms with van der Waals surface area (Å²) in [6.45, 7) is 4.33. The van der Waals surface area contributed by atoms with Gasteiger partial charge < -0.3 is 4.74 Å². The number of benzene rings is 1. The Morgan fingerprint density at radius 1 is 0.913 bits per heavy atom. The third kappa shape index (κ3) is 5.90. The summed E-state index contributed by atoms with van der Waals surface area (Å²) in [6, 6.07) is 12.5. The van der Waals surface area contributed by atoms with Crippen molar-refractivity contribution >= 4 is 0 Å². The Morgan fingerprint density at radius 3 is 2.35 bits per heavy atom. The molecule has 0 radical (unpaired) electrons. The van der Waals surface area contributed by atoms with Crippen LogP contribution in [0.4, 0.5) is 0 Å². The number of rotatable bonds is 9. The van der Waals surface area contributed by atoms with Crippen LogP contribution in [-0.4, -0.2) is 4.98 Å². The Labute approximate surface area is 140 Å². The summed E-state index contributed by atoms with van der Waals surface area (Å²) >= 11 is 0. The van der Waals surface area contributed by atoms with Gasteiger partial charge in [0.05, 0.1) is 6.26 Å². The molecule has 1 heterocycles. The van der Waals surface area contributed by atoms with Gasteiger partial charge in [0, 0.05) is 17.5 Å². The van der Waals surface area contributed by atoms with Gasteiger partial charge in [-0.05, 0) is 49.1 Å². The van der Waals surface area contributed by atoms with Crippen LogP contribution in [0, 0.1) is 0 Å². The Balaban J connectivity index is 1.92. The van der Waals surface area contributed by atoms with E-state index in [0.717, 1.165) is 24.2 Å². The van der Waals surface area contributed by atoms with Crippen molar-refractivity contribution in [2.24, 2.45) is 0 Å². The van der Waals surface area contributed by atoms with E-state index >= 15 is 0 Å². The molecule has 0 fully saturated rings. The Hall–Kier alpha value is -2.09. The fourth-order valence-corrected chi connectivity index (χ4v) is 2.42. The van der Waals surface area contributed by atoms with E-state index in [1.807, 2.05) is 24.4 Å². The number of allylic oxidation sites excluding steroid dienone is 1. The SMILES string of the molecule is CCC=COc1ccc(-c2ccc(CCCCCC)nc2)cc1. The lowest BCUT2D eigenvalue weighted by Crippen LogP contribution is -1.91. The molecule has 0 N–H and O–H groups in total. The lowest BCUT2D eigenvalue weighted by atomic mass is 10.1. The van der Waals surface area contributed by atoms with Gasteiger partial charge in [-0.3, -0.25) is 4.98 Å². The molecule has 2 aromatic rings. The van der Waals surface area contributed by atoms with E-state index in [-0.39, 0.29) is 0 Å². The zero-order chi connectivity index (χ0) is 16.3. The molecule has 0 saturated carbocycles. The minimum Gasteiger partial charge on any atom is -0.465 e. The first-order valence-electron chi connectivity index (χ1n) is 8.70. The first kappa shape index (κ1) is 17.3. The van der Waals surface area contributed by atoms with Crippen molar-refractivity contribution in [2.75, 3.05) is 0 Å². The lowest BCUT2D eigenvalue weighted by Gasteiger charge is -2.05. The summed E-state index contributed by atoms with van der Waals surface area (Å²) < 4.78 is 5.52. The maximum atomic E-state index is 5.52. The first-order chi connectivity index (χ1) is 11.3. The van der Waals surface area contributed by atoms with Gasteiger partial charge in [-0.25, -0.2) is 0 Å². The van der Waals surface area contributed by atoms with Gasteiger partial charge in [-0.1, -0.05) is 51.3 Å². The van der Waals surface area contributed by atoms with Crippen molar-refractivity contribution in [1.82, 2.24) is 4.98 Å². The molecule has 0 amide bonds. The molecule has 1 aromatic heterocycles. The topological polar surface area (TPSA) is 22.1 Å². The highest BCUT2D eigenvalue weighted by Gasteiger charge is 2.00. The highest BCUT2D eigenvalue weighted by molar-refractivity contribution is 5.63. The van der Waals surface area contributed by atoms with Gasteiger partial charge in [0.1, 0.15) is 5.75 Å². The third-order valence-electron chi connectivity index (χ3n) is 3.83. The smallest absolute Gasteiger partial charge is 0.126 e. The van der Waals surface area contributed by atoms with Crippen LogP contribution in [0.3, 0.4) is 0 Å². The van der Waals surface area contributed by atoms with E-state index in [0.29, 0.717) is 0 Å². The normalized spacial score (nSPS) is 11.0. The fourth-order valence-electron chi connectivity index (χ4n) is 2.42. The zero-order valence-corrected chi connectivity index (χ0v) is 14.3. The largest absolute Gasteiger partial charge is 0.465 e. The zero-order valence-electron chi connectivity index (χ0n) is 14.3. The third-order valence-corrected chi connectivity index (χ3v) is 3.83. The maximum Gasteiger partial charge on any atom is 0.126 e. The molecule has 0 bridgehead atoms. The van der Waals surface area contributed by atoms with Crippen molar-refractivity contribution in [2.45, 2.75) is 52.4 Å². The molecule has 2 nitrogen and oxygen atoms in total. The molecule has 2 rings (SSSR count). The first-order valence-corrected chi connectivity index (χ1v) is 8.70. The Morgan fingerprint density at radius 2 is 1.70 bits per heavy atom. The molecule has 23 heavy (non-hydrogen) atoms. The molecule has 0 unspecified atom stereocenters. The minimum atomic E-state index is 0.860. The van der Waals surface area contributed by atoms with E-state index in [1.54, 1.807) is 6.26 Å². The van der Waals surface area contributed by atoms with Gasteiger partial charge in [-0.2, -0.15) is 0 Å². The van der Waals surface area contributed by atoms with Crippen LogP contribution in [0.25, 0.3) is 11.1 Å². The van der Waals surface area contributed by atoms with Crippen molar-refractivity contribution < 1.29 is 4.74 Å². The highest BCUT2D eigenvalue weighted by Crippen LogP contribution is 2.22. The van der Waals surface area contributed by atoms with Crippen LogP contribution in [0.5, 0.6) is 5.75 Å². The summed E-state index contributed by atoms with van der Waals surface area (Å²) in [5, 5.41) is 0. The van der Waals surface area contributed by atoms with Crippen LogP contribution >= 0.6 is 0 Å². The van der Waals surface area contributed by atoms with Crippen molar-refractivity contribution in [3.63, 3.8) is 0 Å². The van der Waals surface area contributed by atoms with E-state index in [2.05, 4.69) is 43.1 Å². The summed E-state index contributed by atoms with van der Waals surface area (Å²) in [5.74, 6) is 0.860. The second-order valence-corrected chi connectivity index (χ2v) is 5.77. The number of nitrogens with zero attached hydrogens (tertiary/aromatic N) is 1. The number of aromatic nitrogens is 1. The van der Waals surface area contributed by atoms with E-state index in [1.165, 1.54) is 36.9 Å². The van der Waals surface area contributed by atoms with Gasteiger partial charge >= 0.3 is 0 Å². The van der Waals surface area contributed by atoms with Crippen LogP contribution < -0.4 is 4.74 Å². The Kier molecular flexibility index (Phi) is 7.38. The number of ether oxygens (including phenoxy) is 1. The molecule has 0 aliphatic carbocycles. The second-order valence-electron chi connectivity index (χ2n) is 5.77. The number of pyridine rings is 1. The average molecular weight is 309 g/mol. The minimum absolute atomic E-state index is 0.860. The maximum absolute atomic E-state index is 5.52. The molecule has 0 aliphatic heterocycles. The van der Waals surface area contributed by atoms with Crippen LogP contribution in [0.2, 0.25) is 0 Å². The number of unbranched alkanes of at least 4 members (excludes halogenated alkanes) is 3. The van der Waals surface area contributed by atoms with Gasteiger partial charge in [0.2, 0.25) is 0 Å². The van der Waals surface area contributed by atoms with Crippen molar-refractivity contribution in [3.8, 4) is 16.9 Å². The lowest BCUT2D eigenvalue weighted by molar-refractivity contribution is 0.479. The molecular weight excluding hydrogens is 282 g/mol. The predicted molar refractivity (Wildman–Crippen MR) is 97.6 cm³/mol. The van der Waals surface area contributed by atoms with E-state index in [4.69, 9.17) is 4.74 Å². The quantitative estimate of drug-likeness (QED) is 0.408. The van der Waals surface area contributed by atoms with Crippen LogP contribution in [0.15, 0.2) is 54.9 Å². The van der Waals surface area contributed by atoms with Gasteiger partial charge in [-0.15, -0.1) is 0 Å². The standard InChI is InChI=1S/C21H27NO/c1-3-5-7-8-9-20-13-10-19(17-22-20)18-11-14-21(15-12-18)23-16-6-4-2/h6,10-17H,3-5,7-9H2,1-2H3. The Bertz CT molecular complexity index is 584. The average Bonchev–Trinajstić information content (AvgIpc) is 2.60. The number of aryl methyl sites for hydroxylation is 1. The highest BCUT2D eigenvalue weighted by atomic mass is 16.5. The summed E-state index contributed by atoms with van der Waals surface area (Å²) in [7, 11) is 0.